The van der Waals surface area contributed by atoms with Crippen molar-refractivity contribution in [3.05, 3.63) is 66.2 Å². The molecule has 8 nitrogen and oxygen atoms in total. The molecule has 2 rings (SSSR count). The Bertz CT molecular complexity index is 605. The third-order valence-corrected chi connectivity index (χ3v) is 3.28. The largest absolute Gasteiger partial charge is 0.645 e. The molecule has 0 unspecified atom stereocenters. The first kappa shape index (κ1) is 15.1. The Hall–Kier alpha value is -2.25. The van der Waals surface area contributed by atoms with Gasteiger partial charge in [-0.05, 0) is 24.3 Å². The van der Waals surface area contributed by atoms with E-state index >= 15 is 0 Å². The van der Waals surface area contributed by atoms with Crippen molar-refractivity contribution < 1.29 is 28.7 Å². The second-order valence-corrected chi connectivity index (χ2v) is 5.43. The first-order chi connectivity index (χ1) is 9.97. The summed E-state index contributed by atoms with van der Waals surface area (Å²) in [6.45, 7) is 0. The molecule has 0 heterocycles. The minimum Gasteiger partial charge on any atom is -0.645 e. The zero-order chi connectivity index (χ0) is 15.3. The Morgan fingerprint density at radius 3 is 1.57 bits per heavy atom. The zero-order valence-corrected chi connectivity index (χ0v) is 11.6. The zero-order valence-electron chi connectivity index (χ0n) is 10.7. The van der Waals surface area contributed by atoms with Crippen LogP contribution in [0.25, 0.3) is 5.53 Å². The molecular weight excluding hydrogens is 297 g/mol. The summed E-state index contributed by atoms with van der Waals surface area (Å²) in [7, 11) is -5.16. The van der Waals surface area contributed by atoms with Crippen LogP contribution in [0.4, 0.5) is 0 Å². The van der Waals surface area contributed by atoms with Crippen molar-refractivity contribution in [2.45, 2.75) is 0 Å². The highest BCUT2D eigenvalue weighted by molar-refractivity contribution is 7.45. The fraction of sp³-hybridized carbons (Fsp3) is 0. The summed E-state index contributed by atoms with van der Waals surface area (Å²) in [5, 5.41) is 2.61. The van der Waals surface area contributed by atoms with Gasteiger partial charge in [0.2, 0.25) is 4.69 Å². The van der Waals surface area contributed by atoms with Gasteiger partial charge in [0, 0.05) is 0 Å². The quantitative estimate of drug-likeness (QED) is 0.484. The van der Waals surface area contributed by atoms with Crippen LogP contribution in [-0.2, 0) is 4.57 Å². The minimum absolute atomic E-state index is 0.0505. The Kier molecular flexibility index (Phi) is 4.35. The van der Waals surface area contributed by atoms with Crippen molar-refractivity contribution in [1.82, 2.24) is 0 Å². The molecule has 0 radical (unpaired) electrons. The van der Waals surface area contributed by atoms with Crippen LogP contribution in [0.15, 0.2) is 65.9 Å². The predicted octanol–water partition coefficient (Wildman–Crippen LogP) is 2.82. The smallest absolute Gasteiger partial charge is 0.639 e. The van der Waals surface area contributed by atoms with Crippen LogP contribution >= 0.6 is 7.75 Å². The normalized spacial score (nSPS) is 11.7. The average molecular weight is 309 g/mol. The van der Waals surface area contributed by atoms with Gasteiger partial charge in [-0.2, -0.15) is 4.57 Å². The van der Waals surface area contributed by atoms with E-state index in [0.29, 0.717) is 0 Å². The van der Waals surface area contributed by atoms with E-state index in [4.69, 9.17) is 15.2 Å². The Balaban J connectivity index is 2.39. The van der Waals surface area contributed by atoms with Crippen LogP contribution in [0.3, 0.4) is 0 Å². The van der Waals surface area contributed by atoms with Crippen LogP contribution in [0.2, 0.25) is 0 Å². The van der Waals surface area contributed by atoms with Gasteiger partial charge in [-0.3, -0.25) is 9.79 Å². The molecule has 0 fully saturated rings. The van der Waals surface area contributed by atoms with Crippen molar-refractivity contribution in [3.8, 4) is 11.5 Å². The van der Waals surface area contributed by atoms with Crippen molar-refractivity contribution in [1.29, 1.82) is 0 Å². The van der Waals surface area contributed by atoms with Gasteiger partial charge in [0.15, 0.2) is 11.5 Å². The number of quaternary nitrogens is 1. The van der Waals surface area contributed by atoms with E-state index in [9.17, 15) is 14.4 Å². The molecule has 0 atom stereocenters. The van der Waals surface area contributed by atoms with Gasteiger partial charge in [-0.1, -0.05) is 36.4 Å². The summed E-state index contributed by atoms with van der Waals surface area (Å²) >= 11 is 0. The van der Waals surface area contributed by atoms with Crippen LogP contribution in [0.5, 0.6) is 11.5 Å². The molecule has 0 aliphatic carbocycles. The minimum atomic E-state index is -5.16. The van der Waals surface area contributed by atoms with Gasteiger partial charge >= 0.3 is 7.75 Å². The topological polar surface area (TPSA) is 111 Å². The van der Waals surface area contributed by atoms with E-state index in [1.165, 1.54) is 24.3 Å². The molecule has 0 saturated carbocycles. The van der Waals surface area contributed by atoms with Gasteiger partial charge < -0.3 is 5.53 Å². The Labute approximate surface area is 120 Å². The maximum Gasteiger partial charge on any atom is 0.639 e. The number of rotatable bonds is 6. The lowest BCUT2D eigenvalue weighted by atomic mass is 10.3. The number of hydrogen-bond acceptors (Lipinski definition) is 4. The fourth-order valence-electron chi connectivity index (χ4n) is 1.45. The van der Waals surface area contributed by atoms with E-state index in [0.717, 1.165) is 0 Å². The predicted molar refractivity (Wildman–Crippen MR) is 72.2 cm³/mol. The van der Waals surface area contributed by atoms with E-state index in [1.807, 2.05) is 0 Å². The molecule has 2 N–H and O–H groups in total. The average Bonchev–Trinajstić information content (AvgIpc) is 2.47. The molecule has 0 aromatic heterocycles. The number of hydrogen-bond donors (Lipinski definition) is 2. The van der Waals surface area contributed by atoms with E-state index < -0.39 is 12.4 Å². The maximum absolute atomic E-state index is 11.7. The van der Waals surface area contributed by atoms with Crippen molar-refractivity contribution in [2.24, 2.45) is 5.22 Å². The van der Waals surface area contributed by atoms with Gasteiger partial charge in [0.1, 0.15) is 0 Å². The van der Waals surface area contributed by atoms with Crippen LogP contribution < -0.4 is 9.68 Å². The first-order valence-corrected chi connectivity index (χ1v) is 7.34. The third kappa shape index (κ3) is 3.45. The molecule has 9 heteroatoms. The Morgan fingerprint density at radius 1 is 0.905 bits per heavy atom. The number of benzene rings is 2. The molecule has 2 aromatic carbocycles. The monoisotopic (exact) mass is 309 g/mol. The highest BCUT2D eigenvalue weighted by atomic mass is 31.2. The number of nitrogens with zero attached hydrogens (tertiary/aromatic N) is 3. The summed E-state index contributed by atoms with van der Waals surface area (Å²) < 4.78 is 9.57. The van der Waals surface area contributed by atoms with Gasteiger partial charge in [0.05, 0.1) is 0 Å². The maximum atomic E-state index is 11.7. The summed E-state index contributed by atoms with van der Waals surface area (Å²) in [4.78, 5) is 29.0. The summed E-state index contributed by atoms with van der Waals surface area (Å²) in [6.07, 6.45) is 0. The Morgan fingerprint density at radius 2 is 1.29 bits per heavy atom. The number of para-hydroxylation sites is 2. The molecular formula is C12H12N3O5P. The lowest BCUT2D eigenvalue weighted by molar-refractivity contribution is -1.13. The fourth-order valence-corrected chi connectivity index (χ4v) is 1.96. The molecule has 0 aliphatic heterocycles. The molecule has 110 valence electrons. The van der Waals surface area contributed by atoms with Gasteiger partial charge in [0.25, 0.3) is 0 Å². The second kappa shape index (κ2) is 6.02. The van der Waals surface area contributed by atoms with E-state index in [-0.39, 0.29) is 11.5 Å². The van der Waals surface area contributed by atoms with Crippen molar-refractivity contribution in [3.63, 3.8) is 0 Å². The molecule has 21 heavy (non-hydrogen) atoms. The molecule has 0 spiro atoms. The molecule has 0 saturated heterocycles. The second-order valence-electron chi connectivity index (χ2n) is 3.90. The van der Waals surface area contributed by atoms with Crippen molar-refractivity contribution in [2.75, 3.05) is 0 Å². The highest BCUT2D eigenvalue weighted by Crippen LogP contribution is 2.50. The molecule has 0 amide bonds. The van der Waals surface area contributed by atoms with Crippen LogP contribution in [0.1, 0.15) is 0 Å². The van der Waals surface area contributed by atoms with Gasteiger partial charge in [-0.25, -0.2) is 9.68 Å². The molecule has 0 aliphatic rings. The van der Waals surface area contributed by atoms with E-state index in [2.05, 4.69) is 5.22 Å². The summed E-state index contributed by atoms with van der Waals surface area (Å²) in [6, 6.07) is 15.5. The molecule has 2 aromatic rings. The molecule has 0 bridgehead atoms. The van der Waals surface area contributed by atoms with E-state index in [1.54, 1.807) is 36.4 Å². The summed E-state index contributed by atoms with van der Waals surface area (Å²) in [5.74, 6) is 0.101. The lowest BCUT2D eigenvalue weighted by Crippen LogP contribution is -2.45. The van der Waals surface area contributed by atoms with Crippen LogP contribution in [-0.4, -0.2) is 14.5 Å². The highest BCUT2D eigenvalue weighted by Gasteiger charge is 2.55. The van der Waals surface area contributed by atoms with Crippen molar-refractivity contribution >= 4 is 7.75 Å². The SMILES string of the molecule is [N-]=N[N+](Oc1ccccc1)(Oc1ccccc1)P(=O)(O)O. The summed E-state index contributed by atoms with van der Waals surface area (Å²) in [5.41, 5.74) is 9.09. The van der Waals surface area contributed by atoms with Gasteiger partial charge in [-0.15, -0.1) is 5.22 Å². The lowest BCUT2D eigenvalue weighted by Gasteiger charge is -2.27. The van der Waals surface area contributed by atoms with Crippen LogP contribution in [0, 0.1) is 0 Å². The third-order valence-electron chi connectivity index (χ3n) is 2.38. The standard InChI is InChI=1S/C12H12N3O5P/c13-14-15(21(16,17)18,19-11-7-3-1-4-8-11)20-12-9-5-2-6-10-12/h1-10H,(H2,16,17,18). The first-order valence-electron chi connectivity index (χ1n) is 5.78.